The number of anilines is 6. The van der Waals surface area contributed by atoms with Gasteiger partial charge < -0.3 is 13.7 Å². The summed E-state index contributed by atoms with van der Waals surface area (Å²) < 4.78 is 104. The predicted molar refractivity (Wildman–Crippen MR) is 305 cm³/mol. The molecule has 3 heterocycles. The number of nitrogens with zero attached hydrogens (tertiary/aromatic N) is 3. The molecule has 73 heavy (non-hydrogen) atoms. The van der Waals surface area contributed by atoms with Crippen LogP contribution in [0.4, 0.5) is 34.3 Å². The molecule has 0 atom stereocenters. The van der Waals surface area contributed by atoms with Crippen LogP contribution in [0.1, 0.15) is 74.8 Å². The highest BCUT2D eigenvalue weighted by Gasteiger charge is 2.43. The normalized spacial score (nSPS) is 14.7. The second kappa shape index (κ2) is 17.3. The number of para-hydroxylation sites is 2. The van der Waals surface area contributed by atoms with Gasteiger partial charge in [0.2, 0.25) is 0 Å². The Balaban J connectivity index is 1.15. The fourth-order valence-corrected chi connectivity index (χ4v) is 11.0. The average molecular weight is 956 g/mol. The molecule has 0 unspecified atom stereocenters. The molecule has 0 aliphatic heterocycles. The summed E-state index contributed by atoms with van der Waals surface area (Å²) in [6.45, 7) is 12.4. The van der Waals surface area contributed by atoms with Crippen molar-refractivity contribution in [3.63, 3.8) is 0 Å². The number of benzene rings is 9. The Bertz CT molecular complexity index is 4370. The van der Waals surface area contributed by atoms with Crippen molar-refractivity contribution >= 4 is 78.1 Å². The first-order valence-electron chi connectivity index (χ1n) is 29.8. The SMILES string of the molecule is [2H]c1c([2H])c([2H])c(-c2cc(C)ccc2N(c2ccc(CC)cc2)c2cc3c(c4oc5ccccc5c24)-c2c(cc(N(c4ccc(CC)cc4)c4ncc(C)cc4-c4c([2H])c([2H])c([2H])c([2H])c4[2H])c4c2oc2ccccc24)C3(C)C)c([2H])c1[2H]. The summed E-state index contributed by atoms with van der Waals surface area (Å²) in [4.78, 5) is 9.32. The molecule has 0 saturated heterocycles. The zero-order chi connectivity index (χ0) is 58.2. The number of pyridine rings is 1. The van der Waals surface area contributed by atoms with Crippen LogP contribution < -0.4 is 9.80 Å². The molecule has 354 valence electrons. The van der Waals surface area contributed by atoms with Gasteiger partial charge in [-0.15, -0.1) is 0 Å². The van der Waals surface area contributed by atoms with Crippen LogP contribution in [-0.2, 0) is 18.3 Å². The van der Waals surface area contributed by atoms with Gasteiger partial charge >= 0.3 is 0 Å². The first kappa shape index (κ1) is 34.6. The maximum Gasteiger partial charge on any atom is 0.145 e. The number of hydrogen-bond donors (Lipinski definition) is 0. The topological polar surface area (TPSA) is 45.7 Å². The van der Waals surface area contributed by atoms with E-state index in [9.17, 15) is 5.48 Å². The Morgan fingerprint density at radius 1 is 0.507 bits per heavy atom. The molecule has 5 nitrogen and oxygen atoms in total. The Hall–Kier alpha value is -8.67. The van der Waals surface area contributed by atoms with Gasteiger partial charge in [0.05, 0.1) is 41.5 Å². The molecule has 3 aromatic heterocycles. The van der Waals surface area contributed by atoms with Crippen LogP contribution in [0.25, 0.3) is 77.3 Å². The van der Waals surface area contributed by atoms with Crippen LogP contribution in [0.3, 0.4) is 0 Å². The van der Waals surface area contributed by atoms with Gasteiger partial charge in [0.25, 0.3) is 0 Å². The number of hydrogen-bond acceptors (Lipinski definition) is 5. The van der Waals surface area contributed by atoms with Crippen LogP contribution in [0.2, 0.25) is 0 Å². The van der Waals surface area contributed by atoms with Crippen molar-refractivity contribution in [3.8, 4) is 33.4 Å². The Kier molecular flexibility index (Phi) is 8.19. The van der Waals surface area contributed by atoms with Crippen molar-refractivity contribution in [1.82, 2.24) is 4.98 Å². The van der Waals surface area contributed by atoms with Crippen molar-refractivity contribution in [1.29, 1.82) is 0 Å². The Morgan fingerprint density at radius 3 is 1.52 bits per heavy atom. The predicted octanol–water partition coefficient (Wildman–Crippen LogP) is 19.2. The summed E-state index contributed by atoms with van der Waals surface area (Å²) in [5.74, 6) is 0.345. The van der Waals surface area contributed by atoms with Crippen LogP contribution in [0, 0.1) is 13.8 Å². The molecular weight excluding hydrogens is 891 g/mol. The number of aromatic nitrogens is 1. The van der Waals surface area contributed by atoms with E-state index in [1.807, 2.05) is 104 Å². The average Bonchev–Trinajstić information content (AvgIpc) is 1.97. The summed E-state index contributed by atoms with van der Waals surface area (Å²) in [5, 5.41) is 3.19. The number of fused-ring (bicyclic) bond motifs is 11. The molecule has 1 aliphatic rings. The van der Waals surface area contributed by atoms with Gasteiger partial charge in [0.15, 0.2) is 0 Å². The lowest BCUT2D eigenvalue weighted by Gasteiger charge is -2.31. The molecule has 0 radical (unpaired) electrons. The second-order valence-electron chi connectivity index (χ2n) is 19.5. The third kappa shape index (κ3) is 7.09. The molecule has 5 heteroatoms. The molecule has 1 aliphatic carbocycles. The first-order chi connectivity index (χ1) is 39.8. The van der Waals surface area contributed by atoms with E-state index in [-0.39, 0.29) is 35.3 Å². The van der Waals surface area contributed by atoms with Crippen molar-refractivity contribution in [3.05, 3.63) is 233 Å². The lowest BCUT2D eigenvalue weighted by molar-refractivity contribution is 0.650. The summed E-state index contributed by atoms with van der Waals surface area (Å²) in [6, 6.07) is 40.4. The summed E-state index contributed by atoms with van der Waals surface area (Å²) >= 11 is 0. The van der Waals surface area contributed by atoms with Crippen LogP contribution >= 0.6 is 0 Å². The number of rotatable bonds is 10. The van der Waals surface area contributed by atoms with Gasteiger partial charge in [-0.3, -0.25) is 4.90 Å². The Labute approximate surface area is 440 Å². The number of aryl methyl sites for hydroxylation is 4. The maximum absolute atomic E-state index is 9.31. The van der Waals surface area contributed by atoms with Gasteiger partial charge in [0, 0.05) is 56.0 Å². The highest BCUT2D eigenvalue weighted by Crippen LogP contribution is 2.61. The lowest BCUT2D eigenvalue weighted by atomic mass is 9.81. The van der Waals surface area contributed by atoms with Crippen molar-refractivity contribution in [2.45, 2.75) is 59.8 Å². The van der Waals surface area contributed by atoms with E-state index in [2.05, 4.69) is 81.1 Å². The summed E-state index contributed by atoms with van der Waals surface area (Å²) in [5.41, 5.74) is 13.3. The highest BCUT2D eigenvalue weighted by atomic mass is 16.3. The summed E-state index contributed by atoms with van der Waals surface area (Å²) in [7, 11) is 0. The molecule has 9 aromatic carbocycles. The van der Waals surface area contributed by atoms with Gasteiger partial charge in [-0.25, -0.2) is 4.98 Å². The minimum atomic E-state index is -0.830. The summed E-state index contributed by atoms with van der Waals surface area (Å²) in [6.07, 6.45) is 3.32. The number of furan rings is 2. The monoisotopic (exact) mass is 955 g/mol. The smallest absolute Gasteiger partial charge is 0.145 e. The zero-order valence-electron chi connectivity index (χ0n) is 51.4. The quantitative estimate of drug-likeness (QED) is 0.137. The van der Waals surface area contributed by atoms with E-state index in [0.717, 1.165) is 90.3 Å². The molecule has 0 N–H and O–H groups in total. The van der Waals surface area contributed by atoms with Gasteiger partial charge in [-0.1, -0.05) is 160 Å². The molecule has 0 fully saturated rings. The zero-order valence-corrected chi connectivity index (χ0v) is 41.4. The first-order valence-corrected chi connectivity index (χ1v) is 24.8. The highest BCUT2D eigenvalue weighted by molar-refractivity contribution is 6.24. The fourth-order valence-electron chi connectivity index (χ4n) is 11.0. The second-order valence-corrected chi connectivity index (χ2v) is 19.5. The van der Waals surface area contributed by atoms with Crippen molar-refractivity contribution in [2.75, 3.05) is 9.80 Å². The third-order valence-corrected chi connectivity index (χ3v) is 14.7. The molecule has 0 bridgehead atoms. The van der Waals surface area contributed by atoms with E-state index in [1.54, 1.807) is 6.20 Å². The Morgan fingerprint density at radius 2 is 0.986 bits per heavy atom. The van der Waals surface area contributed by atoms with E-state index in [1.165, 1.54) is 0 Å². The van der Waals surface area contributed by atoms with E-state index in [4.69, 9.17) is 22.0 Å². The van der Waals surface area contributed by atoms with Gasteiger partial charge in [0.1, 0.15) is 28.1 Å². The van der Waals surface area contributed by atoms with Crippen molar-refractivity contribution < 1.29 is 22.5 Å². The molecular formula is C68H55N3O2. The minimum Gasteiger partial charge on any atom is -0.455 e. The maximum atomic E-state index is 9.31. The standard InChI is InChI=1S/C68H55N3O2/c1-7-44-28-32-48(33-29-44)70(56-36-27-42(3)37-52(56)46-19-11-9-12-20-46)57-39-54-63(65-61(57)50-23-15-17-25-59(50)72-65)64-55(68(54,5)6)40-58(62-51-24-16-18-26-60(51)73-66(62)64)71(49-34-30-45(8-2)31-35-49)67-53(38-43(4)41-69-67)47-21-13-10-14-22-47/h9-41H,7-8H2,1-6H3/i9D,10D,11D,12D,13D,14D,19D,20D,21D,22D. The van der Waals surface area contributed by atoms with E-state index >= 15 is 0 Å². The molecule has 0 spiro atoms. The van der Waals surface area contributed by atoms with Gasteiger partial charge in [-0.05, 0) is 132 Å². The fraction of sp³-hybridized carbons (Fsp3) is 0.132. The molecule has 0 saturated carbocycles. The molecule has 0 amide bonds. The lowest BCUT2D eigenvalue weighted by Crippen LogP contribution is -2.19. The molecule has 13 rings (SSSR count). The largest absolute Gasteiger partial charge is 0.455 e. The van der Waals surface area contributed by atoms with Crippen LogP contribution in [0.15, 0.2) is 209 Å². The van der Waals surface area contributed by atoms with E-state index in [0.29, 0.717) is 56.3 Å². The minimum absolute atomic E-state index is 0.0246. The third-order valence-electron chi connectivity index (χ3n) is 14.7. The van der Waals surface area contributed by atoms with Crippen molar-refractivity contribution in [2.24, 2.45) is 0 Å². The molecule has 12 aromatic rings. The van der Waals surface area contributed by atoms with Crippen LogP contribution in [-0.4, -0.2) is 4.98 Å². The van der Waals surface area contributed by atoms with Crippen LogP contribution in [0.5, 0.6) is 0 Å². The van der Waals surface area contributed by atoms with Gasteiger partial charge in [-0.2, -0.15) is 0 Å². The van der Waals surface area contributed by atoms with E-state index < -0.39 is 41.7 Å².